The van der Waals surface area contributed by atoms with Crippen LogP contribution in [0.2, 0.25) is 0 Å². The molecule has 0 amide bonds. The van der Waals surface area contributed by atoms with Crippen molar-refractivity contribution < 1.29 is 0 Å². The maximum atomic E-state index is 5.06. The van der Waals surface area contributed by atoms with E-state index in [0.717, 1.165) is 28.1 Å². The molecule has 0 aliphatic heterocycles. The van der Waals surface area contributed by atoms with Crippen molar-refractivity contribution in [2.24, 2.45) is 0 Å². The van der Waals surface area contributed by atoms with E-state index in [2.05, 4.69) is 137 Å². The van der Waals surface area contributed by atoms with E-state index in [4.69, 9.17) is 4.98 Å². The second-order valence-corrected chi connectivity index (χ2v) is 10.2. The molecule has 2 aromatic heterocycles. The van der Waals surface area contributed by atoms with Gasteiger partial charge in [0.15, 0.2) is 0 Å². The molecule has 0 unspecified atom stereocenters. The summed E-state index contributed by atoms with van der Waals surface area (Å²) in [6, 6.07) is 49.3. The summed E-state index contributed by atoms with van der Waals surface area (Å²) >= 11 is 0. The molecule has 0 bridgehead atoms. The topological polar surface area (TPSA) is 30.7 Å². The summed E-state index contributed by atoms with van der Waals surface area (Å²) < 4.78 is 2.25. The monoisotopic (exact) mass is 523 g/mol. The highest BCUT2D eigenvalue weighted by Gasteiger charge is 2.18. The van der Waals surface area contributed by atoms with Crippen LogP contribution in [-0.4, -0.2) is 14.5 Å². The average Bonchev–Trinajstić information content (AvgIpc) is 3.44. The van der Waals surface area contributed by atoms with Crippen molar-refractivity contribution >= 4 is 32.6 Å². The minimum atomic E-state index is 0.937. The van der Waals surface area contributed by atoms with Gasteiger partial charge in [-0.1, -0.05) is 103 Å². The number of rotatable bonds is 4. The first-order valence-corrected chi connectivity index (χ1v) is 13.8. The number of pyridine rings is 1. The smallest absolute Gasteiger partial charge is 0.145 e. The van der Waals surface area contributed by atoms with Crippen LogP contribution in [0, 0.1) is 0 Å². The van der Waals surface area contributed by atoms with Crippen molar-refractivity contribution in [2.45, 2.75) is 0 Å². The number of benzene rings is 6. The normalized spacial score (nSPS) is 11.4. The number of hydrogen-bond acceptors (Lipinski definition) is 2. The van der Waals surface area contributed by atoms with Gasteiger partial charge in [-0.15, -0.1) is 0 Å². The van der Waals surface area contributed by atoms with Gasteiger partial charge in [0, 0.05) is 23.6 Å². The van der Waals surface area contributed by atoms with E-state index in [-0.39, 0.29) is 0 Å². The molecule has 0 aliphatic carbocycles. The summed E-state index contributed by atoms with van der Waals surface area (Å²) in [6.45, 7) is 0. The van der Waals surface area contributed by atoms with Gasteiger partial charge < -0.3 is 0 Å². The standard InChI is InChI=1S/C38H25N3/c1-2-10-29(11-3-1)41-35-17-9-8-16-34(35)40-38(41)28-20-18-26(19-21-28)36-30-12-4-6-14-32(30)37(27-22-24-39-25-23-27)33-15-7-5-13-31(33)36/h1-25H. The summed E-state index contributed by atoms with van der Waals surface area (Å²) in [5.41, 5.74) is 9.12. The molecule has 41 heavy (non-hydrogen) atoms. The Hall–Kier alpha value is -5.54. The lowest BCUT2D eigenvalue weighted by Crippen LogP contribution is -1.97. The third-order valence-corrected chi connectivity index (χ3v) is 7.91. The predicted octanol–water partition coefficient (Wildman–Crippen LogP) is 9.73. The van der Waals surface area contributed by atoms with Gasteiger partial charge >= 0.3 is 0 Å². The Bertz CT molecular complexity index is 2120. The fourth-order valence-corrected chi connectivity index (χ4v) is 6.11. The number of para-hydroxylation sites is 3. The molecule has 8 rings (SSSR count). The quantitative estimate of drug-likeness (QED) is 0.215. The zero-order valence-electron chi connectivity index (χ0n) is 22.3. The molecule has 8 aromatic rings. The Morgan fingerprint density at radius 1 is 0.415 bits per heavy atom. The maximum Gasteiger partial charge on any atom is 0.145 e. The van der Waals surface area contributed by atoms with Crippen LogP contribution in [0.3, 0.4) is 0 Å². The fraction of sp³-hybridized carbons (Fsp3) is 0. The van der Waals surface area contributed by atoms with Crippen LogP contribution in [0.5, 0.6) is 0 Å². The van der Waals surface area contributed by atoms with Crippen LogP contribution in [0.25, 0.3) is 71.9 Å². The highest BCUT2D eigenvalue weighted by atomic mass is 15.1. The van der Waals surface area contributed by atoms with Crippen molar-refractivity contribution in [3.8, 4) is 39.3 Å². The minimum absolute atomic E-state index is 0.937. The van der Waals surface area contributed by atoms with E-state index < -0.39 is 0 Å². The Balaban J connectivity index is 1.34. The van der Waals surface area contributed by atoms with Gasteiger partial charge in [0.2, 0.25) is 0 Å². The molecule has 6 aromatic carbocycles. The summed E-state index contributed by atoms with van der Waals surface area (Å²) in [4.78, 5) is 9.33. The van der Waals surface area contributed by atoms with Gasteiger partial charge in [-0.05, 0) is 80.2 Å². The Labute approximate surface area is 238 Å². The fourth-order valence-electron chi connectivity index (χ4n) is 6.11. The molecule has 0 fully saturated rings. The van der Waals surface area contributed by atoms with Crippen molar-refractivity contribution in [1.29, 1.82) is 0 Å². The second kappa shape index (κ2) is 9.58. The SMILES string of the molecule is c1ccc(-n2c(-c3ccc(-c4c5ccccc5c(-c5ccncc5)c5ccccc45)cc3)nc3ccccc32)cc1. The number of hydrogen-bond donors (Lipinski definition) is 0. The number of nitrogens with zero attached hydrogens (tertiary/aromatic N) is 3. The predicted molar refractivity (Wildman–Crippen MR) is 170 cm³/mol. The van der Waals surface area contributed by atoms with Crippen LogP contribution in [0.1, 0.15) is 0 Å². The van der Waals surface area contributed by atoms with E-state index >= 15 is 0 Å². The van der Waals surface area contributed by atoms with E-state index in [9.17, 15) is 0 Å². The lowest BCUT2D eigenvalue weighted by Gasteiger charge is -2.18. The van der Waals surface area contributed by atoms with Gasteiger partial charge in [0.25, 0.3) is 0 Å². The maximum absolute atomic E-state index is 5.06. The lowest BCUT2D eigenvalue weighted by atomic mass is 9.86. The van der Waals surface area contributed by atoms with Gasteiger partial charge in [0.05, 0.1) is 11.0 Å². The van der Waals surface area contributed by atoms with Crippen molar-refractivity contribution in [3.05, 3.63) is 152 Å². The van der Waals surface area contributed by atoms with Gasteiger partial charge in [-0.3, -0.25) is 9.55 Å². The number of imidazole rings is 1. The summed E-state index contributed by atoms with van der Waals surface area (Å²) in [7, 11) is 0. The molecule has 192 valence electrons. The molecule has 2 heterocycles. The van der Waals surface area contributed by atoms with E-state index in [1.54, 1.807) is 0 Å². The van der Waals surface area contributed by atoms with Gasteiger partial charge in [-0.25, -0.2) is 4.98 Å². The highest BCUT2D eigenvalue weighted by Crippen LogP contribution is 2.43. The summed E-state index contributed by atoms with van der Waals surface area (Å²) in [6.07, 6.45) is 3.74. The molecule has 0 radical (unpaired) electrons. The molecule has 0 saturated heterocycles. The Morgan fingerprint density at radius 2 is 0.902 bits per heavy atom. The Morgan fingerprint density at radius 3 is 1.51 bits per heavy atom. The highest BCUT2D eigenvalue weighted by molar-refractivity contribution is 6.21. The zero-order chi connectivity index (χ0) is 27.2. The molecule has 3 heteroatoms. The van der Waals surface area contributed by atoms with E-state index in [0.29, 0.717) is 0 Å². The molecule has 0 aliphatic rings. The average molecular weight is 524 g/mol. The molecule has 0 saturated carbocycles. The Kier molecular flexibility index (Phi) is 5.46. The van der Waals surface area contributed by atoms with Crippen LogP contribution in [-0.2, 0) is 0 Å². The molecular weight excluding hydrogens is 498 g/mol. The second-order valence-electron chi connectivity index (χ2n) is 10.2. The van der Waals surface area contributed by atoms with Crippen molar-refractivity contribution in [2.75, 3.05) is 0 Å². The summed E-state index contributed by atoms with van der Waals surface area (Å²) in [5.74, 6) is 0.937. The zero-order valence-corrected chi connectivity index (χ0v) is 22.3. The first-order chi connectivity index (χ1) is 20.4. The number of fused-ring (bicyclic) bond motifs is 3. The molecule has 0 atom stereocenters. The first-order valence-electron chi connectivity index (χ1n) is 13.8. The largest absolute Gasteiger partial charge is 0.292 e. The van der Waals surface area contributed by atoms with Crippen LogP contribution in [0.15, 0.2) is 152 Å². The molecule has 0 N–H and O–H groups in total. The van der Waals surface area contributed by atoms with Crippen molar-refractivity contribution in [1.82, 2.24) is 14.5 Å². The molecule has 0 spiro atoms. The van der Waals surface area contributed by atoms with Crippen LogP contribution in [0.4, 0.5) is 0 Å². The third-order valence-electron chi connectivity index (χ3n) is 7.91. The first kappa shape index (κ1) is 23.4. The third kappa shape index (κ3) is 3.82. The van der Waals surface area contributed by atoms with Gasteiger partial charge in [0.1, 0.15) is 5.82 Å². The number of aromatic nitrogens is 3. The van der Waals surface area contributed by atoms with Crippen LogP contribution >= 0.6 is 0 Å². The van der Waals surface area contributed by atoms with E-state index in [1.165, 1.54) is 43.8 Å². The van der Waals surface area contributed by atoms with E-state index in [1.807, 2.05) is 24.5 Å². The lowest BCUT2D eigenvalue weighted by molar-refractivity contribution is 1.10. The summed E-state index contributed by atoms with van der Waals surface area (Å²) in [5, 5.41) is 4.95. The van der Waals surface area contributed by atoms with Crippen molar-refractivity contribution in [3.63, 3.8) is 0 Å². The molecule has 3 nitrogen and oxygen atoms in total. The van der Waals surface area contributed by atoms with Crippen LogP contribution < -0.4 is 0 Å². The van der Waals surface area contributed by atoms with Gasteiger partial charge in [-0.2, -0.15) is 0 Å². The molecular formula is C38H25N3. The minimum Gasteiger partial charge on any atom is -0.292 e.